The maximum atomic E-state index is 6.22. The summed E-state index contributed by atoms with van der Waals surface area (Å²) >= 11 is 8.46. The molecule has 0 aliphatic rings. The zero-order valence-electron chi connectivity index (χ0n) is 11.3. The molecule has 0 spiro atoms. The molecule has 0 atom stereocenters. The van der Waals surface area contributed by atoms with Crippen LogP contribution in [0.3, 0.4) is 0 Å². The fraction of sp³-hybridized carbons (Fsp3) is 0.286. The molecule has 0 aliphatic heterocycles. The Hall–Kier alpha value is -0.920. The largest absolute Gasteiger partial charge is 0.378 e. The average Bonchev–Trinajstić information content (AvgIpc) is 2.44. The van der Waals surface area contributed by atoms with Gasteiger partial charge in [0.15, 0.2) is 5.82 Å². The van der Waals surface area contributed by atoms with Crippen LogP contribution < -0.4 is 5.32 Å². The van der Waals surface area contributed by atoms with Gasteiger partial charge in [-0.1, -0.05) is 23.7 Å². The van der Waals surface area contributed by atoms with Gasteiger partial charge in [-0.3, -0.25) is 0 Å². The summed E-state index contributed by atoms with van der Waals surface area (Å²) in [4.78, 5) is 9.13. The molecule has 0 bridgehead atoms. The fourth-order valence-corrected chi connectivity index (χ4v) is 2.58. The maximum absolute atomic E-state index is 6.22. The molecule has 1 aromatic carbocycles. The van der Waals surface area contributed by atoms with Crippen LogP contribution in [0.25, 0.3) is 11.4 Å². The maximum Gasteiger partial charge on any atom is 0.163 e. The van der Waals surface area contributed by atoms with E-state index in [-0.39, 0.29) is 0 Å². The van der Waals surface area contributed by atoms with E-state index in [1.807, 2.05) is 31.2 Å². The monoisotopic (exact) mass is 403 g/mol. The van der Waals surface area contributed by atoms with Crippen molar-refractivity contribution in [3.8, 4) is 11.4 Å². The Kier molecular flexibility index (Phi) is 5.56. The van der Waals surface area contributed by atoms with Gasteiger partial charge in [-0.15, -0.1) is 0 Å². The van der Waals surface area contributed by atoms with Crippen molar-refractivity contribution >= 4 is 40.0 Å². The molecule has 106 valence electrons. The number of ether oxygens (including phenoxy) is 1. The first kappa shape index (κ1) is 15.5. The van der Waals surface area contributed by atoms with Crippen molar-refractivity contribution in [3.05, 3.63) is 38.6 Å². The smallest absolute Gasteiger partial charge is 0.163 e. The highest BCUT2D eigenvalue weighted by Crippen LogP contribution is 2.28. The van der Waals surface area contributed by atoms with E-state index in [1.54, 1.807) is 7.11 Å². The first-order chi connectivity index (χ1) is 9.67. The van der Waals surface area contributed by atoms with Crippen LogP contribution in [0.2, 0.25) is 5.02 Å². The van der Waals surface area contributed by atoms with E-state index in [2.05, 4.69) is 37.9 Å². The summed E-state index contributed by atoms with van der Waals surface area (Å²) in [5.41, 5.74) is 1.68. The molecule has 0 amide bonds. The minimum absolute atomic E-state index is 0.441. The molecule has 0 radical (unpaired) electrons. The van der Waals surface area contributed by atoms with E-state index >= 15 is 0 Å². The average molecular weight is 404 g/mol. The first-order valence-electron chi connectivity index (χ1n) is 6.21. The van der Waals surface area contributed by atoms with E-state index < -0.39 is 0 Å². The van der Waals surface area contributed by atoms with Crippen LogP contribution in [0.1, 0.15) is 12.6 Å². The molecule has 20 heavy (non-hydrogen) atoms. The van der Waals surface area contributed by atoms with Gasteiger partial charge < -0.3 is 10.1 Å². The summed E-state index contributed by atoms with van der Waals surface area (Å²) in [5.74, 6) is 1.42. The van der Waals surface area contributed by atoms with Crippen LogP contribution >= 0.6 is 34.2 Å². The Bertz CT molecular complexity index is 580. The molecule has 2 aromatic rings. The van der Waals surface area contributed by atoms with Crippen LogP contribution in [0, 0.1) is 3.57 Å². The third-order valence-electron chi connectivity index (χ3n) is 2.66. The summed E-state index contributed by atoms with van der Waals surface area (Å²) in [6.45, 7) is 3.27. The van der Waals surface area contributed by atoms with Gasteiger partial charge in [0, 0.05) is 19.2 Å². The van der Waals surface area contributed by atoms with Crippen LogP contribution in [-0.4, -0.2) is 23.6 Å². The number of benzene rings is 1. The Labute approximate surface area is 137 Å². The highest BCUT2D eigenvalue weighted by molar-refractivity contribution is 14.1. The molecule has 0 saturated heterocycles. The van der Waals surface area contributed by atoms with E-state index in [4.69, 9.17) is 16.3 Å². The van der Waals surface area contributed by atoms with E-state index in [0.717, 1.165) is 27.2 Å². The molecule has 0 unspecified atom stereocenters. The predicted molar refractivity (Wildman–Crippen MR) is 90.1 cm³/mol. The predicted octanol–water partition coefficient (Wildman–Crippen LogP) is 3.98. The van der Waals surface area contributed by atoms with Gasteiger partial charge in [-0.05, 0) is 41.6 Å². The summed E-state index contributed by atoms with van der Waals surface area (Å²) in [6.07, 6.45) is 0. The lowest BCUT2D eigenvalue weighted by Gasteiger charge is -2.12. The molecule has 6 heteroatoms. The highest BCUT2D eigenvalue weighted by atomic mass is 127. The third-order valence-corrected chi connectivity index (χ3v) is 4.12. The second kappa shape index (κ2) is 7.19. The lowest BCUT2D eigenvalue weighted by atomic mass is 10.2. The van der Waals surface area contributed by atoms with Crippen LogP contribution in [0.5, 0.6) is 0 Å². The molecule has 1 heterocycles. The minimum atomic E-state index is 0.441. The Morgan fingerprint density at radius 1 is 1.30 bits per heavy atom. The van der Waals surface area contributed by atoms with Gasteiger partial charge in [0.25, 0.3) is 0 Å². The molecule has 0 saturated carbocycles. The SMILES string of the molecule is CCNc1nc(-c2ccccc2Cl)nc(COC)c1I. The van der Waals surface area contributed by atoms with Crippen molar-refractivity contribution in [2.75, 3.05) is 19.0 Å². The number of halogens is 2. The van der Waals surface area contributed by atoms with Gasteiger partial charge in [-0.25, -0.2) is 9.97 Å². The standard InChI is InChI=1S/C14H15ClIN3O/c1-3-17-14-12(16)11(8-20-2)18-13(19-14)9-6-4-5-7-10(9)15/h4-7H,3,8H2,1-2H3,(H,17,18,19). The summed E-state index contributed by atoms with van der Waals surface area (Å²) < 4.78 is 6.18. The lowest BCUT2D eigenvalue weighted by molar-refractivity contribution is 0.181. The van der Waals surface area contributed by atoms with Crippen molar-refractivity contribution in [2.24, 2.45) is 0 Å². The van der Waals surface area contributed by atoms with Crippen molar-refractivity contribution in [3.63, 3.8) is 0 Å². The van der Waals surface area contributed by atoms with Gasteiger partial charge >= 0.3 is 0 Å². The molecular formula is C14H15ClIN3O. The number of nitrogens with zero attached hydrogens (tertiary/aromatic N) is 2. The zero-order valence-corrected chi connectivity index (χ0v) is 14.2. The first-order valence-corrected chi connectivity index (χ1v) is 7.67. The number of hydrogen-bond acceptors (Lipinski definition) is 4. The second-order valence-electron chi connectivity index (χ2n) is 4.10. The van der Waals surface area contributed by atoms with Gasteiger partial charge in [-0.2, -0.15) is 0 Å². The summed E-state index contributed by atoms with van der Waals surface area (Å²) in [5, 5.41) is 3.89. The molecule has 0 fully saturated rings. The van der Waals surface area contributed by atoms with Crippen LogP contribution in [-0.2, 0) is 11.3 Å². The summed E-state index contributed by atoms with van der Waals surface area (Å²) in [7, 11) is 1.65. The minimum Gasteiger partial charge on any atom is -0.378 e. The fourth-order valence-electron chi connectivity index (χ4n) is 1.77. The van der Waals surface area contributed by atoms with Crippen molar-refractivity contribution in [1.82, 2.24) is 9.97 Å². The van der Waals surface area contributed by atoms with Crippen LogP contribution in [0.4, 0.5) is 5.82 Å². The molecule has 2 rings (SSSR count). The molecule has 4 nitrogen and oxygen atoms in total. The van der Waals surface area contributed by atoms with E-state index in [1.165, 1.54) is 0 Å². The molecule has 1 N–H and O–H groups in total. The normalized spacial score (nSPS) is 10.6. The molecule has 0 aliphatic carbocycles. The number of rotatable bonds is 5. The van der Waals surface area contributed by atoms with E-state index in [0.29, 0.717) is 17.5 Å². The number of aromatic nitrogens is 2. The topological polar surface area (TPSA) is 47.0 Å². The Balaban J connectivity index is 2.56. The van der Waals surface area contributed by atoms with Gasteiger partial charge in [0.1, 0.15) is 5.82 Å². The number of hydrogen-bond donors (Lipinski definition) is 1. The second-order valence-corrected chi connectivity index (χ2v) is 5.59. The van der Waals surface area contributed by atoms with Gasteiger partial charge in [0.05, 0.1) is 20.9 Å². The van der Waals surface area contributed by atoms with Crippen molar-refractivity contribution < 1.29 is 4.74 Å². The quantitative estimate of drug-likeness (QED) is 0.767. The van der Waals surface area contributed by atoms with Crippen LogP contribution in [0.15, 0.2) is 24.3 Å². The third kappa shape index (κ3) is 3.39. The number of methoxy groups -OCH3 is 1. The Morgan fingerprint density at radius 3 is 2.70 bits per heavy atom. The number of anilines is 1. The molecular weight excluding hydrogens is 389 g/mol. The zero-order chi connectivity index (χ0) is 14.5. The number of nitrogens with one attached hydrogen (secondary N) is 1. The van der Waals surface area contributed by atoms with E-state index in [9.17, 15) is 0 Å². The summed E-state index contributed by atoms with van der Waals surface area (Å²) in [6, 6.07) is 7.56. The highest BCUT2D eigenvalue weighted by Gasteiger charge is 2.14. The molecule has 1 aromatic heterocycles. The lowest BCUT2D eigenvalue weighted by Crippen LogP contribution is -2.08. The van der Waals surface area contributed by atoms with Crippen molar-refractivity contribution in [1.29, 1.82) is 0 Å². The Morgan fingerprint density at radius 2 is 2.05 bits per heavy atom. The van der Waals surface area contributed by atoms with Gasteiger partial charge in [0.2, 0.25) is 0 Å². The van der Waals surface area contributed by atoms with Crippen molar-refractivity contribution in [2.45, 2.75) is 13.5 Å².